The summed E-state index contributed by atoms with van der Waals surface area (Å²) in [5, 5.41) is 3.26. The number of amides is 2. The summed E-state index contributed by atoms with van der Waals surface area (Å²) < 4.78 is 66.6. The summed E-state index contributed by atoms with van der Waals surface area (Å²) in [6.45, 7) is 2.95. The molecule has 43 heavy (non-hydrogen) atoms. The predicted octanol–water partition coefficient (Wildman–Crippen LogP) is 6.19. The number of hydrogen-bond donors (Lipinski definition) is 1. The first-order valence-corrected chi connectivity index (χ1v) is 15.9. The van der Waals surface area contributed by atoms with Crippen molar-refractivity contribution in [1.82, 2.24) is 10.2 Å². The maximum atomic E-state index is 14.1. The van der Waals surface area contributed by atoms with E-state index in [0.29, 0.717) is 28.0 Å². The first-order valence-electron chi connectivity index (χ1n) is 13.3. The van der Waals surface area contributed by atoms with Gasteiger partial charge in [-0.15, -0.1) is 0 Å². The number of anilines is 1. The van der Waals surface area contributed by atoms with Crippen LogP contribution in [0.25, 0.3) is 0 Å². The van der Waals surface area contributed by atoms with E-state index in [1.807, 2.05) is 13.8 Å². The van der Waals surface area contributed by atoms with Crippen LogP contribution in [0, 0.1) is 5.92 Å². The average Bonchev–Trinajstić information content (AvgIpc) is 2.93. The third-order valence-electron chi connectivity index (χ3n) is 6.49. The highest BCUT2D eigenvalue weighted by molar-refractivity contribution is 7.92. The van der Waals surface area contributed by atoms with Crippen molar-refractivity contribution < 1.29 is 31.2 Å². The zero-order chi connectivity index (χ0) is 31.9. The molecule has 0 heterocycles. The Labute approximate surface area is 259 Å². The summed E-state index contributed by atoms with van der Waals surface area (Å²) in [4.78, 5) is 28.9. The van der Waals surface area contributed by atoms with E-state index in [-0.39, 0.29) is 34.6 Å². The van der Waals surface area contributed by atoms with Crippen molar-refractivity contribution in [2.24, 2.45) is 5.92 Å². The van der Waals surface area contributed by atoms with Gasteiger partial charge in [0.1, 0.15) is 12.6 Å². The van der Waals surface area contributed by atoms with Crippen LogP contribution in [0.15, 0.2) is 72.8 Å². The van der Waals surface area contributed by atoms with Gasteiger partial charge in [-0.1, -0.05) is 79.5 Å². The number of sulfonamides is 1. The van der Waals surface area contributed by atoms with Gasteiger partial charge in [-0.2, -0.15) is 13.2 Å². The molecule has 0 saturated carbocycles. The van der Waals surface area contributed by atoms with Gasteiger partial charge in [-0.25, -0.2) is 8.42 Å². The Morgan fingerprint density at radius 2 is 1.53 bits per heavy atom. The van der Waals surface area contributed by atoms with Gasteiger partial charge in [0.2, 0.25) is 21.8 Å². The Kier molecular flexibility index (Phi) is 11.5. The van der Waals surface area contributed by atoms with Crippen LogP contribution in [-0.2, 0) is 38.8 Å². The molecule has 7 nitrogen and oxygen atoms in total. The number of rotatable bonds is 12. The molecule has 0 aliphatic carbocycles. The van der Waals surface area contributed by atoms with E-state index in [9.17, 15) is 31.2 Å². The fraction of sp³-hybridized carbons (Fsp3) is 0.333. The molecule has 2 amide bonds. The molecule has 0 aromatic heterocycles. The Bertz CT molecular complexity index is 1520. The molecule has 13 heteroatoms. The van der Waals surface area contributed by atoms with E-state index < -0.39 is 46.2 Å². The summed E-state index contributed by atoms with van der Waals surface area (Å²) in [5.74, 6) is -1.26. The van der Waals surface area contributed by atoms with Gasteiger partial charge in [0.05, 0.1) is 17.5 Å². The molecule has 0 fully saturated rings. The second-order valence-corrected chi connectivity index (χ2v) is 13.1. The molecular weight excluding hydrogens is 626 g/mol. The van der Waals surface area contributed by atoms with Crippen molar-refractivity contribution in [1.29, 1.82) is 0 Å². The Morgan fingerprint density at radius 3 is 2.09 bits per heavy atom. The van der Waals surface area contributed by atoms with Crippen LogP contribution in [0.2, 0.25) is 10.0 Å². The lowest BCUT2D eigenvalue weighted by Crippen LogP contribution is -2.53. The third kappa shape index (κ3) is 9.61. The van der Waals surface area contributed by atoms with Gasteiger partial charge in [-0.3, -0.25) is 13.9 Å². The van der Waals surface area contributed by atoms with E-state index in [1.165, 1.54) is 4.90 Å². The van der Waals surface area contributed by atoms with Gasteiger partial charge >= 0.3 is 6.18 Å². The van der Waals surface area contributed by atoms with E-state index in [4.69, 9.17) is 23.2 Å². The lowest BCUT2D eigenvalue weighted by molar-refractivity contribution is -0.140. The summed E-state index contributed by atoms with van der Waals surface area (Å²) >= 11 is 12.8. The smallest absolute Gasteiger partial charge is 0.354 e. The number of nitrogens with one attached hydrogen (secondary N) is 1. The number of benzene rings is 3. The van der Waals surface area contributed by atoms with Crippen LogP contribution in [0.3, 0.4) is 0 Å². The maximum Gasteiger partial charge on any atom is 0.416 e. The molecule has 0 bridgehead atoms. The molecule has 0 aliphatic rings. The molecule has 0 radical (unpaired) electrons. The third-order valence-corrected chi connectivity index (χ3v) is 8.34. The second kappa shape index (κ2) is 14.5. The lowest BCUT2D eigenvalue weighted by atomic mass is 10.0. The summed E-state index contributed by atoms with van der Waals surface area (Å²) in [6.07, 6.45) is -3.90. The molecule has 0 spiro atoms. The minimum absolute atomic E-state index is 0.0566. The van der Waals surface area contributed by atoms with Crippen molar-refractivity contribution in [2.45, 2.75) is 39.0 Å². The second-order valence-electron chi connectivity index (χ2n) is 10.4. The SMILES string of the molecule is CC(C)CNC(=O)C(Cc1ccccc1)N(Cc1c(Cl)cccc1Cl)C(=O)CN(c1cccc(C(F)(F)F)c1)S(C)(=O)=O. The summed E-state index contributed by atoms with van der Waals surface area (Å²) in [6, 6.07) is 16.1. The van der Waals surface area contributed by atoms with Gasteiger partial charge in [0, 0.05) is 35.1 Å². The number of hydrogen-bond acceptors (Lipinski definition) is 4. The number of alkyl halides is 3. The lowest BCUT2D eigenvalue weighted by Gasteiger charge is -2.34. The van der Waals surface area contributed by atoms with Gasteiger partial charge in [0.25, 0.3) is 0 Å². The molecule has 0 aliphatic heterocycles. The molecule has 232 valence electrons. The van der Waals surface area contributed by atoms with Gasteiger partial charge in [0.15, 0.2) is 0 Å². The van der Waals surface area contributed by atoms with E-state index >= 15 is 0 Å². The van der Waals surface area contributed by atoms with E-state index in [0.717, 1.165) is 24.5 Å². The molecule has 3 aromatic carbocycles. The molecule has 1 N–H and O–H groups in total. The van der Waals surface area contributed by atoms with Crippen LogP contribution in [0.1, 0.15) is 30.5 Å². The fourth-order valence-corrected chi connectivity index (χ4v) is 5.64. The van der Waals surface area contributed by atoms with Crippen molar-refractivity contribution in [2.75, 3.05) is 23.7 Å². The topological polar surface area (TPSA) is 86.8 Å². The minimum Gasteiger partial charge on any atom is -0.354 e. The molecule has 3 aromatic rings. The molecule has 1 unspecified atom stereocenters. The van der Waals surface area contributed by atoms with E-state index in [2.05, 4.69) is 5.32 Å². The fourth-order valence-electron chi connectivity index (χ4n) is 4.28. The monoisotopic (exact) mass is 657 g/mol. The van der Waals surface area contributed by atoms with Gasteiger partial charge < -0.3 is 10.2 Å². The van der Waals surface area contributed by atoms with Crippen molar-refractivity contribution in [3.05, 3.63) is 99.5 Å². The normalized spacial score (nSPS) is 12.6. The summed E-state index contributed by atoms with van der Waals surface area (Å²) in [5.41, 5.74) is -0.405. The quantitative estimate of drug-likeness (QED) is 0.252. The molecule has 3 rings (SSSR count). The highest BCUT2D eigenvalue weighted by atomic mass is 35.5. The highest BCUT2D eigenvalue weighted by Gasteiger charge is 2.35. The van der Waals surface area contributed by atoms with Crippen LogP contribution >= 0.6 is 23.2 Å². The Hall–Kier alpha value is -3.28. The number of halogens is 5. The van der Waals surface area contributed by atoms with Crippen LogP contribution in [-0.4, -0.2) is 50.5 Å². The Morgan fingerprint density at radius 1 is 0.930 bits per heavy atom. The molecule has 1 atom stereocenters. The summed E-state index contributed by atoms with van der Waals surface area (Å²) in [7, 11) is -4.26. The van der Waals surface area contributed by atoms with Crippen LogP contribution in [0.5, 0.6) is 0 Å². The van der Waals surface area contributed by atoms with Gasteiger partial charge in [-0.05, 0) is 41.8 Å². The van der Waals surface area contributed by atoms with Crippen molar-refractivity contribution in [3.63, 3.8) is 0 Å². The Balaban J connectivity index is 2.12. The number of carbonyl (C=O) groups excluding carboxylic acids is 2. The number of carbonyl (C=O) groups is 2. The zero-order valence-corrected chi connectivity index (χ0v) is 26.1. The number of nitrogens with zero attached hydrogens (tertiary/aromatic N) is 2. The van der Waals surface area contributed by atoms with Crippen molar-refractivity contribution in [3.8, 4) is 0 Å². The maximum absolute atomic E-state index is 14.1. The zero-order valence-electron chi connectivity index (χ0n) is 23.7. The first-order chi connectivity index (χ1) is 20.1. The minimum atomic E-state index is -4.74. The molecule has 0 saturated heterocycles. The average molecular weight is 659 g/mol. The predicted molar refractivity (Wildman–Crippen MR) is 162 cm³/mol. The van der Waals surface area contributed by atoms with E-state index in [1.54, 1.807) is 48.5 Å². The van der Waals surface area contributed by atoms with Crippen molar-refractivity contribution >= 4 is 50.7 Å². The highest BCUT2D eigenvalue weighted by Crippen LogP contribution is 2.33. The molecular formula is C30H32Cl2F3N3O4S. The van der Waals surface area contributed by atoms with Crippen LogP contribution in [0.4, 0.5) is 18.9 Å². The van der Waals surface area contributed by atoms with Crippen LogP contribution < -0.4 is 9.62 Å². The first kappa shape index (κ1) is 34.2. The largest absolute Gasteiger partial charge is 0.416 e. The standard InChI is InChI=1S/C30H32Cl2F3N3O4S/c1-20(2)17-36-29(40)27(15-21-9-5-4-6-10-21)37(18-24-25(31)13-8-14-26(24)32)28(39)19-38(43(3,41)42)23-12-7-11-22(16-23)30(33,34)35/h4-14,16,20,27H,15,17-19H2,1-3H3,(H,36,40).